The predicted octanol–water partition coefficient (Wildman–Crippen LogP) is -0.224. The fraction of sp³-hybridized carbons (Fsp3) is 0.750. The molecule has 0 aromatic rings. The summed E-state index contributed by atoms with van der Waals surface area (Å²) in [5.74, 6) is -0.113. The molecule has 1 rings (SSSR count). The number of carbonyl (C=O) groups is 1. The van der Waals surface area contributed by atoms with Crippen LogP contribution in [0.15, 0.2) is 11.9 Å². The number of aliphatic hydroxyl groups is 1. The van der Waals surface area contributed by atoms with Crippen molar-refractivity contribution in [2.24, 2.45) is 0 Å². The van der Waals surface area contributed by atoms with Crippen molar-refractivity contribution in [3.05, 3.63) is 17.4 Å². The number of amides is 1. The molecule has 0 fully saturated rings. The van der Waals surface area contributed by atoms with Gasteiger partial charge >= 0.3 is 0 Å². The molecule has 0 saturated heterocycles. The molecule has 0 atom stereocenters. The van der Waals surface area contributed by atoms with Crippen molar-refractivity contribution in [3.63, 3.8) is 0 Å². The van der Waals surface area contributed by atoms with E-state index >= 15 is 0 Å². The number of likely N-dealkylation sites (N-methyl/N-ethyl adjacent to an activating group) is 2. The number of nitrogens with zero attached hydrogens (tertiary/aromatic N) is 3. The molecule has 0 saturated carbocycles. The summed E-state index contributed by atoms with van der Waals surface area (Å²) >= 11 is 0. The predicted molar refractivity (Wildman–Crippen MR) is 73.8 cm³/mol. The van der Waals surface area contributed by atoms with Crippen molar-refractivity contribution >= 4 is 5.91 Å². The molecule has 1 heterocycles. The number of nitrogens with one attached hydrogen (secondary N) is 2. The maximum absolute atomic E-state index is 11.9. The fourth-order valence-electron chi connectivity index (χ4n) is 1.84. The van der Waals surface area contributed by atoms with Crippen LogP contribution in [-0.4, -0.2) is 60.4 Å². The second kappa shape index (κ2) is 6.74. The lowest BCUT2D eigenvalue weighted by atomic mass is 10.0. The van der Waals surface area contributed by atoms with Crippen LogP contribution in [0.2, 0.25) is 0 Å². The largest absolute Gasteiger partial charge is 0.475 e. The van der Waals surface area contributed by atoms with Gasteiger partial charge in [0.05, 0.1) is 6.54 Å². The van der Waals surface area contributed by atoms with E-state index in [9.17, 15) is 4.79 Å². The van der Waals surface area contributed by atoms with Gasteiger partial charge in [0.2, 0.25) is 5.91 Å². The Morgan fingerprint density at radius 3 is 2.79 bits per heavy atom. The number of hydrogen-bond acceptors (Lipinski definition) is 5. The molecular weight excluding hydrogens is 246 g/mol. The third kappa shape index (κ3) is 5.06. The first kappa shape index (κ1) is 15.7. The van der Waals surface area contributed by atoms with Gasteiger partial charge in [0.1, 0.15) is 0 Å². The summed E-state index contributed by atoms with van der Waals surface area (Å²) < 4.78 is 0. The summed E-state index contributed by atoms with van der Waals surface area (Å²) in [5, 5.41) is 18.2. The molecule has 0 bridgehead atoms. The molecule has 7 heteroatoms. The lowest BCUT2D eigenvalue weighted by Crippen LogP contribution is -2.47. The Hall–Kier alpha value is -1.31. The number of carbonyl (C=O) groups excluding carboxylic acids is 1. The Morgan fingerprint density at radius 1 is 1.53 bits per heavy atom. The summed E-state index contributed by atoms with van der Waals surface area (Å²) in [5.41, 5.74) is 4.83. The molecule has 0 aromatic heterocycles. The van der Waals surface area contributed by atoms with Gasteiger partial charge < -0.3 is 31.3 Å². The van der Waals surface area contributed by atoms with E-state index in [0.717, 1.165) is 5.70 Å². The molecule has 0 spiro atoms. The zero-order chi connectivity index (χ0) is 14.5. The van der Waals surface area contributed by atoms with Crippen LogP contribution in [0.4, 0.5) is 0 Å². The highest BCUT2D eigenvalue weighted by Gasteiger charge is 2.20. The van der Waals surface area contributed by atoms with Gasteiger partial charge in [-0.2, -0.15) is 0 Å². The van der Waals surface area contributed by atoms with Crippen LogP contribution < -0.4 is 10.6 Å². The summed E-state index contributed by atoms with van der Waals surface area (Å²) in [6, 6.07) is 0. The van der Waals surface area contributed by atoms with E-state index in [-0.39, 0.29) is 19.1 Å². The van der Waals surface area contributed by atoms with Crippen molar-refractivity contribution in [3.8, 4) is 0 Å². The van der Waals surface area contributed by atoms with E-state index in [2.05, 4.69) is 16.2 Å². The van der Waals surface area contributed by atoms with Crippen molar-refractivity contribution < 1.29 is 9.90 Å². The SMILES string of the molecule is CNCC1=CN(CC(=O)NC(C)(C)CCO)[N-]N1C. The van der Waals surface area contributed by atoms with Gasteiger partial charge in [0.15, 0.2) is 0 Å². The molecule has 19 heavy (non-hydrogen) atoms. The molecule has 110 valence electrons. The smallest absolute Gasteiger partial charge is 0.238 e. The topological polar surface area (TPSA) is 81.9 Å². The minimum atomic E-state index is -0.408. The van der Waals surface area contributed by atoms with E-state index in [1.165, 1.54) is 0 Å². The minimum Gasteiger partial charge on any atom is -0.475 e. The van der Waals surface area contributed by atoms with E-state index in [0.29, 0.717) is 13.0 Å². The van der Waals surface area contributed by atoms with Crippen molar-refractivity contribution in [1.29, 1.82) is 0 Å². The van der Waals surface area contributed by atoms with Gasteiger partial charge in [-0.25, -0.2) is 0 Å². The molecule has 1 aliphatic rings. The highest BCUT2D eigenvalue weighted by Crippen LogP contribution is 2.19. The van der Waals surface area contributed by atoms with E-state index < -0.39 is 5.54 Å². The van der Waals surface area contributed by atoms with Gasteiger partial charge in [0.25, 0.3) is 0 Å². The molecule has 0 aliphatic carbocycles. The highest BCUT2D eigenvalue weighted by atomic mass is 16.3. The van der Waals surface area contributed by atoms with Crippen molar-refractivity contribution in [2.75, 3.05) is 33.8 Å². The summed E-state index contributed by atoms with van der Waals surface area (Å²) in [4.78, 5) is 11.9. The van der Waals surface area contributed by atoms with Crippen molar-refractivity contribution in [1.82, 2.24) is 20.7 Å². The van der Waals surface area contributed by atoms with Gasteiger partial charge in [-0.1, -0.05) is 0 Å². The second-order valence-electron chi connectivity index (χ2n) is 5.27. The number of hydrogen-bond donors (Lipinski definition) is 3. The molecule has 1 amide bonds. The second-order valence-corrected chi connectivity index (χ2v) is 5.27. The lowest BCUT2D eigenvalue weighted by molar-refractivity contribution is -0.123. The molecule has 3 N–H and O–H groups in total. The summed E-state index contributed by atoms with van der Waals surface area (Å²) in [7, 11) is 3.71. The molecular formula is C12H24N5O2-. The molecule has 7 nitrogen and oxygen atoms in total. The van der Waals surface area contributed by atoms with Crippen LogP contribution in [0.25, 0.3) is 5.53 Å². The van der Waals surface area contributed by atoms with Crippen LogP contribution in [0, 0.1) is 0 Å². The van der Waals surface area contributed by atoms with Crippen LogP contribution in [0.1, 0.15) is 20.3 Å². The monoisotopic (exact) mass is 270 g/mol. The quantitative estimate of drug-likeness (QED) is 0.595. The first-order valence-corrected chi connectivity index (χ1v) is 6.37. The average Bonchev–Trinajstić information content (AvgIpc) is 2.58. The van der Waals surface area contributed by atoms with Crippen molar-refractivity contribution in [2.45, 2.75) is 25.8 Å². The first-order valence-electron chi connectivity index (χ1n) is 6.37. The number of rotatable bonds is 7. The van der Waals surface area contributed by atoms with Gasteiger partial charge in [0, 0.05) is 30.6 Å². The Morgan fingerprint density at radius 2 is 2.21 bits per heavy atom. The van der Waals surface area contributed by atoms with Crippen LogP contribution >= 0.6 is 0 Å². The third-order valence-corrected chi connectivity index (χ3v) is 2.84. The Balaban J connectivity index is 2.46. The van der Waals surface area contributed by atoms with E-state index in [4.69, 9.17) is 5.11 Å². The zero-order valence-electron chi connectivity index (χ0n) is 12.1. The van der Waals surface area contributed by atoms with Gasteiger partial charge in [-0.3, -0.25) is 4.79 Å². The van der Waals surface area contributed by atoms with Gasteiger partial charge in [-0.15, -0.1) is 0 Å². The Bertz CT molecular complexity index is 343. The van der Waals surface area contributed by atoms with Gasteiger partial charge in [-0.05, 0) is 34.4 Å². The normalized spacial score (nSPS) is 15.7. The van der Waals surface area contributed by atoms with E-state index in [1.807, 2.05) is 34.1 Å². The maximum atomic E-state index is 11.9. The molecule has 0 radical (unpaired) electrons. The first-order chi connectivity index (χ1) is 8.88. The molecule has 1 aliphatic heterocycles. The van der Waals surface area contributed by atoms with E-state index in [1.54, 1.807) is 10.0 Å². The highest BCUT2D eigenvalue weighted by molar-refractivity contribution is 5.79. The van der Waals surface area contributed by atoms with Crippen LogP contribution in [0.5, 0.6) is 0 Å². The summed E-state index contributed by atoms with van der Waals surface area (Å²) in [6.07, 6.45) is 2.37. The lowest BCUT2D eigenvalue weighted by Gasteiger charge is -2.37. The number of aliphatic hydroxyl groups excluding tert-OH is 1. The molecule has 0 unspecified atom stereocenters. The maximum Gasteiger partial charge on any atom is 0.238 e. The Kier molecular flexibility index (Phi) is 5.59. The zero-order valence-corrected chi connectivity index (χ0v) is 12.1. The third-order valence-electron chi connectivity index (χ3n) is 2.84. The average molecular weight is 270 g/mol. The Labute approximate surface area is 114 Å². The van der Waals surface area contributed by atoms with Crippen LogP contribution in [0.3, 0.4) is 0 Å². The summed E-state index contributed by atoms with van der Waals surface area (Å²) in [6.45, 7) is 4.70. The standard InChI is InChI=1S/C12H24N5O2/c1-12(2,5-6-18)14-11(19)9-17-8-10(7-13-3)16(4)15-17/h8,13,18H,5-7,9H2,1-4H3,(H,14,19)/q-1. The fourth-order valence-corrected chi connectivity index (χ4v) is 1.84. The molecule has 0 aromatic carbocycles. The minimum absolute atomic E-state index is 0.0519. The van der Waals surface area contributed by atoms with Crippen LogP contribution in [-0.2, 0) is 4.79 Å².